The molecule has 0 bridgehead atoms. The van der Waals surface area contributed by atoms with Gasteiger partial charge >= 0.3 is 0 Å². The van der Waals surface area contributed by atoms with Crippen LogP contribution < -0.4 is 10.6 Å². The summed E-state index contributed by atoms with van der Waals surface area (Å²) in [6.45, 7) is 7.28. The molecule has 1 heterocycles. The molecule has 4 nitrogen and oxygen atoms in total. The van der Waals surface area contributed by atoms with Crippen LogP contribution >= 0.6 is 22.6 Å². The molecule has 0 aromatic carbocycles. The van der Waals surface area contributed by atoms with Gasteiger partial charge in [-0.1, -0.05) is 13.8 Å². The minimum Gasteiger partial charge on any atom is -0.454 e. The van der Waals surface area contributed by atoms with Crippen LogP contribution in [0.4, 0.5) is 0 Å². The second-order valence-electron chi connectivity index (χ2n) is 4.45. The van der Waals surface area contributed by atoms with Gasteiger partial charge in [-0.2, -0.15) is 0 Å². The van der Waals surface area contributed by atoms with E-state index >= 15 is 0 Å². The molecule has 1 aromatic heterocycles. The summed E-state index contributed by atoms with van der Waals surface area (Å²) in [5.74, 6) is 1.34. The molecule has 1 unspecified atom stereocenters. The molecule has 0 spiro atoms. The van der Waals surface area contributed by atoms with Gasteiger partial charge in [-0.25, -0.2) is 0 Å². The predicted molar refractivity (Wildman–Crippen MR) is 75.6 cm³/mol. The first kappa shape index (κ1) is 14.5. The van der Waals surface area contributed by atoms with Gasteiger partial charge < -0.3 is 9.73 Å². The summed E-state index contributed by atoms with van der Waals surface area (Å²) in [5, 5.41) is 6.02. The lowest BCUT2D eigenvalue weighted by Gasteiger charge is -2.14. The lowest BCUT2D eigenvalue weighted by molar-refractivity contribution is -0.122. The Bertz CT molecular complexity index is 363. The third kappa shape index (κ3) is 5.54. The maximum Gasteiger partial charge on any atom is 0.236 e. The van der Waals surface area contributed by atoms with E-state index in [1.54, 1.807) is 0 Å². The highest BCUT2D eigenvalue weighted by Gasteiger charge is 2.12. The number of halogens is 1. The van der Waals surface area contributed by atoms with Gasteiger partial charge in [-0.3, -0.25) is 10.1 Å². The molecule has 0 radical (unpaired) electrons. The Morgan fingerprint density at radius 1 is 1.41 bits per heavy atom. The van der Waals surface area contributed by atoms with Crippen LogP contribution in [-0.4, -0.2) is 18.5 Å². The van der Waals surface area contributed by atoms with Crippen molar-refractivity contribution in [3.63, 3.8) is 0 Å². The van der Waals surface area contributed by atoms with Crippen LogP contribution in [0, 0.1) is 9.68 Å². The molecular weight excluding hydrogens is 331 g/mol. The molecule has 0 saturated carbocycles. The third-order valence-electron chi connectivity index (χ3n) is 2.29. The quantitative estimate of drug-likeness (QED) is 0.773. The first-order valence-electron chi connectivity index (χ1n) is 5.74. The SMILES string of the molecule is CC(C)CNC(=O)C(C)NCc1ccc(I)o1. The Morgan fingerprint density at radius 2 is 2.12 bits per heavy atom. The minimum absolute atomic E-state index is 0.0277. The van der Waals surface area contributed by atoms with E-state index in [4.69, 9.17) is 4.42 Å². The fourth-order valence-corrected chi connectivity index (χ4v) is 1.71. The number of rotatable bonds is 6. The number of furan rings is 1. The Morgan fingerprint density at radius 3 is 2.65 bits per heavy atom. The van der Waals surface area contributed by atoms with Gasteiger partial charge in [0.05, 0.1) is 12.6 Å². The number of amides is 1. The van der Waals surface area contributed by atoms with Crippen molar-refractivity contribution >= 4 is 28.5 Å². The minimum atomic E-state index is -0.212. The molecular formula is C12H19IN2O2. The van der Waals surface area contributed by atoms with E-state index in [1.165, 1.54) is 0 Å². The molecule has 96 valence electrons. The van der Waals surface area contributed by atoms with E-state index < -0.39 is 0 Å². The van der Waals surface area contributed by atoms with Crippen molar-refractivity contribution in [2.24, 2.45) is 5.92 Å². The highest BCUT2D eigenvalue weighted by atomic mass is 127. The van der Waals surface area contributed by atoms with E-state index in [0.29, 0.717) is 19.0 Å². The monoisotopic (exact) mass is 350 g/mol. The lowest BCUT2D eigenvalue weighted by Crippen LogP contribution is -2.42. The highest BCUT2D eigenvalue weighted by molar-refractivity contribution is 14.1. The standard InChI is InChI=1S/C12H19IN2O2/c1-8(2)6-15-12(16)9(3)14-7-10-4-5-11(13)17-10/h4-5,8-9,14H,6-7H2,1-3H3,(H,15,16). The summed E-state index contributed by atoms with van der Waals surface area (Å²) in [6, 6.07) is 3.60. The van der Waals surface area contributed by atoms with Crippen LogP contribution in [0.15, 0.2) is 16.5 Å². The maximum atomic E-state index is 11.7. The zero-order valence-electron chi connectivity index (χ0n) is 10.4. The van der Waals surface area contributed by atoms with Crippen molar-refractivity contribution in [1.29, 1.82) is 0 Å². The molecule has 5 heteroatoms. The van der Waals surface area contributed by atoms with Crippen LogP contribution in [0.5, 0.6) is 0 Å². The molecule has 1 amide bonds. The van der Waals surface area contributed by atoms with Crippen LogP contribution in [0.25, 0.3) is 0 Å². The van der Waals surface area contributed by atoms with Gasteiger partial charge in [-0.15, -0.1) is 0 Å². The first-order valence-corrected chi connectivity index (χ1v) is 6.82. The summed E-state index contributed by atoms with van der Waals surface area (Å²) in [6.07, 6.45) is 0. The van der Waals surface area contributed by atoms with Crippen molar-refractivity contribution < 1.29 is 9.21 Å². The number of hydrogen-bond donors (Lipinski definition) is 2. The van der Waals surface area contributed by atoms with Gasteiger partial charge in [0, 0.05) is 6.54 Å². The van der Waals surface area contributed by atoms with Crippen molar-refractivity contribution in [3.8, 4) is 0 Å². The number of nitrogens with one attached hydrogen (secondary N) is 2. The molecule has 1 aromatic rings. The fourth-order valence-electron chi connectivity index (χ4n) is 1.25. The van der Waals surface area contributed by atoms with Crippen LogP contribution in [0.1, 0.15) is 26.5 Å². The largest absolute Gasteiger partial charge is 0.454 e. The second kappa shape index (κ2) is 7.00. The predicted octanol–water partition coefficient (Wildman–Crippen LogP) is 2.13. The molecule has 17 heavy (non-hydrogen) atoms. The van der Waals surface area contributed by atoms with Crippen LogP contribution in [0.2, 0.25) is 0 Å². The van der Waals surface area contributed by atoms with E-state index in [1.807, 2.05) is 19.1 Å². The first-order chi connectivity index (χ1) is 7.99. The van der Waals surface area contributed by atoms with Gasteiger partial charge in [0.25, 0.3) is 0 Å². The number of carbonyl (C=O) groups excluding carboxylic acids is 1. The molecule has 1 rings (SSSR count). The smallest absolute Gasteiger partial charge is 0.236 e. The van der Waals surface area contributed by atoms with Gasteiger partial charge in [0.15, 0.2) is 3.77 Å². The van der Waals surface area contributed by atoms with Crippen LogP contribution in [-0.2, 0) is 11.3 Å². The van der Waals surface area contributed by atoms with E-state index in [2.05, 4.69) is 47.1 Å². The maximum absolute atomic E-state index is 11.7. The van der Waals surface area contributed by atoms with Crippen molar-refractivity contribution in [3.05, 3.63) is 21.7 Å². The van der Waals surface area contributed by atoms with Crippen molar-refractivity contribution in [2.45, 2.75) is 33.4 Å². The number of carbonyl (C=O) groups is 1. The Balaban J connectivity index is 2.29. The van der Waals surface area contributed by atoms with Gasteiger partial charge in [0.2, 0.25) is 5.91 Å². The van der Waals surface area contributed by atoms with E-state index in [0.717, 1.165) is 9.53 Å². The van der Waals surface area contributed by atoms with E-state index in [-0.39, 0.29) is 11.9 Å². The normalized spacial score (nSPS) is 12.8. The average molecular weight is 350 g/mol. The topological polar surface area (TPSA) is 54.3 Å². The summed E-state index contributed by atoms with van der Waals surface area (Å²) < 4.78 is 6.26. The van der Waals surface area contributed by atoms with Crippen molar-refractivity contribution in [1.82, 2.24) is 10.6 Å². The summed E-state index contributed by atoms with van der Waals surface area (Å²) in [5.41, 5.74) is 0. The fraction of sp³-hybridized carbons (Fsp3) is 0.583. The van der Waals surface area contributed by atoms with Gasteiger partial charge in [0.1, 0.15) is 5.76 Å². The molecule has 0 saturated heterocycles. The van der Waals surface area contributed by atoms with Gasteiger partial charge in [-0.05, 0) is 47.6 Å². The van der Waals surface area contributed by atoms with Crippen molar-refractivity contribution in [2.75, 3.05) is 6.54 Å². The van der Waals surface area contributed by atoms with E-state index in [9.17, 15) is 4.79 Å². The molecule has 0 aliphatic carbocycles. The second-order valence-corrected chi connectivity index (χ2v) is 5.51. The summed E-state index contributed by atoms with van der Waals surface area (Å²) in [4.78, 5) is 11.7. The molecule has 0 aliphatic rings. The van der Waals surface area contributed by atoms with Crippen LogP contribution in [0.3, 0.4) is 0 Å². The molecule has 0 aliphatic heterocycles. The Hall–Kier alpha value is -0.560. The average Bonchev–Trinajstić information content (AvgIpc) is 2.68. The highest BCUT2D eigenvalue weighted by Crippen LogP contribution is 2.09. The summed E-state index contributed by atoms with van der Waals surface area (Å²) in [7, 11) is 0. The lowest BCUT2D eigenvalue weighted by atomic mass is 10.2. The molecule has 2 N–H and O–H groups in total. The molecule has 1 atom stereocenters. The zero-order chi connectivity index (χ0) is 12.8. The molecule has 0 fully saturated rings. The number of hydrogen-bond acceptors (Lipinski definition) is 3. The Kier molecular flexibility index (Phi) is 5.97. The third-order valence-corrected chi connectivity index (χ3v) is 2.87. The zero-order valence-corrected chi connectivity index (χ0v) is 12.6. The Labute approximate surface area is 116 Å². The summed E-state index contributed by atoms with van der Waals surface area (Å²) >= 11 is 2.12.